The van der Waals surface area contributed by atoms with Crippen LogP contribution in [0.25, 0.3) is 0 Å². The van der Waals surface area contributed by atoms with Crippen LogP contribution in [-0.2, 0) is 24.5 Å². The number of nitrogens with zero attached hydrogens (tertiary/aromatic N) is 3. The second-order valence-electron chi connectivity index (χ2n) is 11.0. The molecule has 3 atom stereocenters. The van der Waals surface area contributed by atoms with E-state index in [1.54, 1.807) is 12.1 Å². The molecule has 0 saturated carbocycles. The van der Waals surface area contributed by atoms with Gasteiger partial charge in [-0.15, -0.1) is 0 Å². The number of benzene rings is 2. The third-order valence-electron chi connectivity index (χ3n) is 7.55. The Balaban J connectivity index is 1.51. The highest BCUT2D eigenvalue weighted by molar-refractivity contribution is 7.86. The van der Waals surface area contributed by atoms with Crippen molar-refractivity contribution in [2.75, 3.05) is 18.5 Å². The molecule has 0 spiro atoms. The van der Waals surface area contributed by atoms with E-state index >= 15 is 0 Å². The van der Waals surface area contributed by atoms with Crippen molar-refractivity contribution in [3.63, 3.8) is 0 Å². The predicted octanol–water partition coefficient (Wildman–Crippen LogP) is 3.49. The standard InChI is InChI=1S/C31H36N4O11S/c1-2-3-4-5-9-24(34-17-27(32-19-34)33-29(38)23-8-6-7-10-26(23)47(42,43)44)30(39)35-16-22(15-25(35)31(40)41)46-21-13-11-20(12-14-21)45-18-28(36)37/h6-8,10-14,17,19,22,24-25H,2-5,9,15-16,18H2,1H3,(H,33,38)(H,36,37)(H,40,41)(H,42,43,44)/t22?,24?,25-/m0/s1. The average molecular weight is 673 g/mol. The number of anilines is 1. The topological polar surface area (TPSA) is 215 Å². The van der Waals surface area contributed by atoms with Crippen molar-refractivity contribution in [1.82, 2.24) is 14.5 Å². The number of unbranched alkanes of at least 4 members (excludes halogenated alkanes) is 3. The summed E-state index contributed by atoms with van der Waals surface area (Å²) >= 11 is 0. The molecule has 3 aromatic rings. The summed E-state index contributed by atoms with van der Waals surface area (Å²) in [6.07, 6.45) is 5.89. The molecular weight excluding hydrogens is 636 g/mol. The van der Waals surface area contributed by atoms with E-state index in [9.17, 15) is 37.3 Å². The second kappa shape index (κ2) is 15.6. The Morgan fingerprint density at radius 1 is 1.02 bits per heavy atom. The van der Waals surface area contributed by atoms with Crippen LogP contribution in [-0.4, -0.2) is 86.7 Å². The normalized spacial score (nSPS) is 16.8. The van der Waals surface area contributed by atoms with E-state index < -0.39 is 63.6 Å². The number of carbonyl (C=O) groups is 4. The lowest BCUT2D eigenvalue weighted by molar-refractivity contribution is -0.149. The first-order valence-corrected chi connectivity index (χ1v) is 16.4. The molecule has 15 nitrogen and oxygen atoms in total. The van der Waals surface area contributed by atoms with Gasteiger partial charge in [-0.25, -0.2) is 14.6 Å². The molecular formula is C31H36N4O11S. The van der Waals surface area contributed by atoms with Crippen molar-refractivity contribution < 1.29 is 51.8 Å². The Morgan fingerprint density at radius 3 is 2.38 bits per heavy atom. The smallest absolute Gasteiger partial charge is 0.341 e. The molecule has 0 aliphatic carbocycles. The number of hydrogen-bond donors (Lipinski definition) is 4. The Labute approximate surface area is 270 Å². The van der Waals surface area contributed by atoms with E-state index in [4.69, 9.17) is 14.6 Å². The number of ether oxygens (including phenoxy) is 2. The molecule has 47 heavy (non-hydrogen) atoms. The minimum atomic E-state index is -4.68. The predicted molar refractivity (Wildman–Crippen MR) is 166 cm³/mol. The number of carbonyl (C=O) groups excluding carboxylic acids is 2. The summed E-state index contributed by atoms with van der Waals surface area (Å²) in [5.41, 5.74) is -0.299. The highest BCUT2D eigenvalue weighted by Crippen LogP contribution is 2.30. The van der Waals surface area contributed by atoms with Crippen LogP contribution in [0.4, 0.5) is 5.82 Å². The van der Waals surface area contributed by atoms with Gasteiger partial charge in [0.15, 0.2) is 12.4 Å². The SMILES string of the molecule is CCCCCCC(C(=O)N1CC(Oc2ccc(OCC(=O)O)cc2)C[C@H]1C(=O)O)n1cnc(NC(=O)c2ccccc2S(=O)(=O)O)c1. The lowest BCUT2D eigenvalue weighted by Crippen LogP contribution is -2.44. The lowest BCUT2D eigenvalue weighted by Gasteiger charge is -2.27. The number of carboxylic acid groups (broad SMARTS) is 2. The number of aliphatic carboxylic acids is 2. The highest BCUT2D eigenvalue weighted by atomic mass is 32.2. The fourth-order valence-electron chi connectivity index (χ4n) is 5.30. The van der Waals surface area contributed by atoms with Gasteiger partial charge in [0.1, 0.15) is 34.6 Å². The molecule has 4 rings (SSSR count). The maximum atomic E-state index is 14.0. The second-order valence-corrected chi connectivity index (χ2v) is 12.4. The van der Waals surface area contributed by atoms with E-state index in [0.29, 0.717) is 24.3 Å². The van der Waals surface area contributed by atoms with Crippen LogP contribution in [0, 0.1) is 0 Å². The van der Waals surface area contributed by atoms with Crippen LogP contribution in [0.1, 0.15) is 61.8 Å². The number of aromatic nitrogens is 2. The van der Waals surface area contributed by atoms with E-state index in [2.05, 4.69) is 10.3 Å². The fourth-order valence-corrected chi connectivity index (χ4v) is 5.99. The van der Waals surface area contributed by atoms with Crippen molar-refractivity contribution in [3.05, 3.63) is 66.6 Å². The first-order chi connectivity index (χ1) is 22.4. The molecule has 1 aliphatic rings. The summed E-state index contributed by atoms with van der Waals surface area (Å²) in [7, 11) is -4.68. The fraction of sp³-hybridized carbons (Fsp3) is 0.387. The number of carboxylic acids is 2. The Bertz CT molecular complexity index is 1690. The summed E-state index contributed by atoms with van der Waals surface area (Å²) < 4.78 is 45.6. The van der Waals surface area contributed by atoms with Gasteiger partial charge in [0.05, 0.1) is 18.4 Å². The van der Waals surface area contributed by atoms with Crippen LogP contribution in [0.2, 0.25) is 0 Å². The molecule has 1 aliphatic heterocycles. The van der Waals surface area contributed by atoms with E-state index in [0.717, 1.165) is 25.3 Å². The van der Waals surface area contributed by atoms with Gasteiger partial charge in [0.2, 0.25) is 5.91 Å². The third kappa shape index (κ3) is 9.29. The molecule has 2 unspecified atom stereocenters. The molecule has 16 heteroatoms. The number of rotatable bonds is 16. The van der Waals surface area contributed by atoms with Gasteiger partial charge >= 0.3 is 11.9 Å². The van der Waals surface area contributed by atoms with Gasteiger partial charge < -0.3 is 34.5 Å². The Morgan fingerprint density at radius 2 is 1.72 bits per heavy atom. The Kier molecular flexibility index (Phi) is 11.6. The number of amides is 2. The van der Waals surface area contributed by atoms with Gasteiger partial charge in [-0.05, 0) is 42.8 Å². The summed E-state index contributed by atoms with van der Waals surface area (Å²) in [6, 6.07) is 9.25. The summed E-state index contributed by atoms with van der Waals surface area (Å²) in [4.78, 5) is 54.8. The van der Waals surface area contributed by atoms with Crippen molar-refractivity contribution in [3.8, 4) is 11.5 Å². The largest absolute Gasteiger partial charge is 0.488 e. The molecule has 4 N–H and O–H groups in total. The van der Waals surface area contributed by atoms with Gasteiger partial charge in [-0.2, -0.15) is 8.42 Å². The highest BCUT2D eigenvalue weighted by Gasteiger charge is 2.43. The minimum absolute atomic E-state index is 0.0107. The molecule has 0 bridgehead atoms. The molecule has 1 aromatic heterocycles. The average Bonchev–Trinajstić information content (AvgIpc) is 3.67. The molecule has 252 valence electrons. The van der Waals surface area contributed by atoms with Crippen molar-refractivity contribution in [1.29, 1.82) is 0 Å². The minimum Gasteiger partial charge on any atom is -0.488 e. The molecule has 2 amide bonds. The van der Waals surface area contributed by atoms with Crippen LogP contribution in [0.3, 0.4) is 0 Å². The monoisotopic (exact) mass is 672 g/mol. The molecule has 2 aromatic carbocycles. The number of nitrogens with one attached hydrogen (secondary N) is 1. The lowest BCUT2D eigenvalue weighted by atomic mass is 10.1. The maximum absolute atomic E-state index is 14.0. The van der Waals surface area contributed by atoms with Gasteiger partial charge in [0.25, 0.3) is 16.0 Å². The molecule has 2 heterocycles. The van der Waals surface area contributed by atoms with Crippen molar-refractivity contribution >= 4 is 39.7 Å². The molecule has 0 radical (unpaired) electrons. The van der Waals surface area contributed by atoms with Gasteiger partial charge in [-0.1, -0.05) is 44.7 Å². The first kappa shape index (κ1) is 34.9. The number of imidazole rings is 1. The zero-order valence-electron chi connectivity index (χ0n) is 25.5. The first-order valence-electron chi connectivity index (χ1n) is 14.9. The molecule has 1 fully saturated rings. The van der Waals surface area contributed by atoms with Crippen LogP contribution >= 0.6 is 0 Å². The van der Waals surface area contributed by atoms with Crippen LogP contribution < -0.4 is 14.8 Å². The van der Waals surface area contributed by atoms with E-state index in [1.807, 2.05) is 6.92 Å². The zero-order valence-corrected chi connectivity index (χ0v) is 26.3. The summed E-state index contributed by atoms with van der Waals surface area (Å²) in [6.45, 7) is 1.53. The van der Waals surface area contributed by atoms with E-state index in [1.165, 1.54) is 52.3 Å². The van der Waals surface area contributed by atoms with Crippen LogP contribution in [0.15, 0.2) is 66.0 Å². The van der Waals surface area contributed by atoms with Crippen molar-refractivity contribution in [2.45, 2.75) is 68.5 Å². The third-order valence-corrected chi connectivity index (χ3v) is 8.46. The maximum Gasteiger partial charge on any atom is 0.341 e. The summed E-state index contributed by atoms with van der Waals surface area (Å²) in [5, 5.41) is 21.3. The van der Waals surface area contributed by atoms with Crippen molar-refractivity contribution in [2.24, 2.45) is 0 Å². The van der Waals surface area contributed by atoms with E-state index in [-0.39, 0.29) is 24.3 Å². The van der Waals surface area contributed by atoms with Gasteiger partial charge in [-0.3, -0.25) is 14.1 Å². The van der Waals surface area contributed by atoms with Crippen LogP contribution in [0.5, 0.6) is 11.5 Å². The summed E-state index contributed by atoms with van der Waals surface area (Å²) in [5.74, 6) is -2.91. The zero-order chi connectivity index (χ0) is 34.1. The Hall–Kier alpha value is -4.96. The molecule has 1 saturated heterocycles. The number of likely N-dealkylation sites (tertiary alicyclic amines) is 1. The van der Waals surface area contributed by atoms with Gasteiger partial charge in [0, 0.05) is 12.6 Å². The quantitative estimate of drug-likeness (QED) is 0.127. The number of hydrogen-bond acceptors (Lipinski definition) is 9.